The highest BCUT2D eigenvalue weighted by atomic mass is 16.5. The molecule has 7 nitrogen and oxygen atoms in total. The highest BCUT2D eigenvalue weighted by Crippen LogP contribution is 2.32. The zero-order valence-electron chi connectivity index (χ0n) is 18.4. The molecule has 0 amide bonds. The van der Waals surface area contributed by atoms with Gasteiger partial charge in [0.05, 0.1) is 31.5 Å². The van der Waals surface area contributed by atoms with Crippen LogP contribution in [0.1, 0.15) is 29.4 Å². The van der Waals surface area contributed by atoms with Crippen molar-refractivity contribution in [3.63, 3.8) is 0 Å². The first-order valence-corrected chi connectivity index (χ1v) is 10.9. The molecule has 4 heterocycles. The van der Waals surface area contributed by atoms with E-state index in [1.807, 2.05) is 13.0 Å². The molecule has 3 aromatic rings. The minimum absolute atomic E-state index is 0.293. The van der Waals surface area contributed by atoms with Crippen molar-refractivity contribution in [1.29, 1.82) is 0 Å². The molecule has 0 saturated carbocycles. The number of aryl methyl sites for hydroxylation is 2. The smallest absolute Gasteiger partial charge is 0.161 e. The van der Waals surface area contributed by atoms with Crippen molar-refractivity contribution in [2.45, 2.75) is 39.8 Å². The van der Waals surface area contributed by atoms with Gasteiger partial charge >= 0.3 is 0 Å². The van der Waals surface area contributed by atoms with Crippen molar-refractivity contribution in [2.24, 2.45) is 0 Å². The first-order valence-electron chi connectivity index (χ1n) is 10.9. The summed E-state index contributed by atoms with van der Waals surface area (Å²) >= 11 is 0. The second-order valence-electron chi connectivity index (χ2n) is 8.47. The van der Waals surface area contributed by atoms with Gasteiger partial charge in [-0.05, 0) is 27.2 Å². The van der Waals surface area contributed by atoms with Crippen molar-refractivity contribution < 1.29 is 4.74 Å². The Balaban J connectivity index is 1.58. The van der Waals surface area contributed by atoms with Crippen molar-refractivity contribution >= 4 is 11.6 Å². The normalized spacial score (nSPS) is 18.7. The third-order valence-corrected chi connectivity index (χ3v) is 6.11. The minimum Gasteiger partial charge on any atom is -0.377 e. The van der Waals surface area contributed by atoms with Crippen LogP contribution in [-0.2, 0) is 17.7 Å². The third kappa shape index (κ3) is 3.97. The quantitative estimate of drug-likeness (QED) is 0.649. The molecule has 1 saturated heterocycles. The Morgan fingerprint density at radius 2 is 1.87 bits per heavy atom. The number of hydrogen-bond donors (Lipinski definition) is 0. The van der Waals surface area contributed by atoms with Gasteiger partial charge in [-0.2, -0.15) is 0 Å². The SMILES string of the molecule is Cc1ccc(-c2nc3c(c(N4CCOC[C@@H]4C)n2)CCN(c2cc(C)ncn2)C3)cc1. The molecule has 1 aromatic carbocycles. The molecule has 0 bridgehead atoms. The van der Waals surface area contributed by atoms with E-state index in [1.54, 1.807) is 6.33 Å². The molecular formula is C24H28N6O. The van der Waals surface area contributed by atoms with E-state index in [9.17, 15) is 0 Å². The molecule has 0 spiro atoms. The molecule has 160 valence electrons. The van der Waals surface area contributed by atoms with E-state index in [1.165, 1.54) is 11.1 Å². The standard InChI is InChI=1S/C24H28N6O/c1-16-4-6-19(7-5-16)23-27-21-13-29(22-12-17(2)25-15-26-22)9-8-20(21)24(28-23)30-10-11-31-14-18(30)3/h4-7,12,15,18H,8-11,13-14H2,1-3H3/t18-/m0/s1. The predicted octanol–water partition coefficient (Wildman–Crippen LogP) is 3.34. The zero-order valence-corrected chi connectivity index (χ0v) is 18.4. The second-order valence-corrected chi connectivity index (χ2v) is 8.47. The van der Waals surface area contributed by atoms with Crippen LogP contribution in [-0.4, -0.2) is 52.3 Å². The van der Waals surface area contributed by atoms with Crippen molar-refractivity contribution in [1.82, 2.24) is 19.9 Å². The molecular weight excluding hydrogens is 388 g/mol. The molecule has 2 aliphatic rings. The first-order chi connectivity index (χ1) is 15.1. The average molecular weight is 417 g/mol. The van der Waals surface area contributed by atoms with Gasteiger partial charge in [0.25, 0.3) is 0 Å². The lowest BCUT2D eigenvalue weighted by Gasteiger charge is -2.38. The topological polar surface area (TPSA) is 67.3 Å². The number of rotatable bonds is 3. The van der Waals surface area contributed by atoms with Gasteiger partial charge in [-0.15, -0.1) is 0 Å². The predicted molar refractivity (Wildman–Crippen MR) is 121 cm³/mol. The van der Waals surface area contributed by atoms with E-state index in [0.29, 0.717) is 6.04 Å². The summed E-state index contributed by atoms with van der Waals surface area (Å²) in [6, 6.07) is 10.8. The number of nitrogens with zero attached hydrogens (tertiary/aromatic N) is 6. The first kappa shape index (κ1) is 19.9. The number of benzene rings is 1. The lowest BCUT2D eigenvalue weighted by molar-refractivity contribution is 0.0984. The van der Waals surface area contributed by atoms with Gasteiger partial charge < -0.3 is 14.5 Å². The van der Waals surface area contributed by atoms with E-state index in [-0.39, 0.29) is 0 Å². The van der Waals surface area contributed by atoms with Gasteiger partial charge in [0.15, 0.2) is 5.82 Å². The van der Waals surface area contributed by atoms with E-state index in [4.69, 9.17) is 14.7 Å². The van der Waals surface area contributed by atoms with Crippen LogP contribution in [0.5, 0.6) is 0 Å². The Bertz CT molecular complexity index is 1080. The van der Waals surface area contributed by atoms with Gasteiger partial charge in [-0.3, -0.25) is 0 Å². The molecule has 0 aliphatic carbocycles. The molecule has 5 rings (SSSR count). The molecule has 0 radical (unpaired) electrons. The Labute approximate surface area is 183 Å². The summed E-state index contributed by atoms with van der Waals surface area (Å²) in [5.74, 6) is 2.80. The van der Waals surface area contributed by atoms with Gasteiger partial charge in [0.2, 0.25) is 0 Å². The summed E-state index contributed by atoms with van der Waals surface area (Å²) in [5.41, 5.74) is 5.59. The highest BCUT2D eigenvalue weighted by Gasteiger charge is 2.29. The average Bonchev–Trinajstić information content (AvgIpc) is 2.79. The van der Waals surface area contributed by atoms with Crippen molar-refractivity contribution in [3.8, 4) is 11.4 Å². The summed E-state index contributed by atoms with van der Waals surface area (Å²) in [6.07, 6.45) is 2.53. The molecule has 2 aliphatic heterocycles. The van der Waals surface area contributed by atoms with E-state index >= 15 is 0 Å². The summed E-state index contributed by atoms with van der Waals surface area (Å²) < 4.78 is 5.68. The highest BCUT2D eigenvalue weighted by molar-refractivity contribution is 5.63. The molecule has 1 fully saturated rings. The summed E-state index contributed by atoms with van der Waals surface area (Å²) in [7, 11) is 0. The fourth-order valence-corrected chi connectivity index (χ4v) is 4.33. The fourth-order valence-electron chi connectivity index (χ4n) is 4.33. The van der Waals surface area contributed by atoms with Gasteiger partial charge in [-0.1, -0.05) is 29.8 Å². The Morgan fingerprint density at radius 1 is 1.03 bits per heavy atom. The fraction of sp³-hybridized carbons (Fsp3) is 0.417. The van der Waals surface area contributed by atoms with E-state index in [2.05, 4.69) is 57.9 Å². The number of fused-ring (bicyclic) bond motifs is 1. The lowest BCUT2D eigenvalue weighted by atomic mass is 10.0. The van der Waals surface area contributed by atoms with Crippen LogP contribution >= 0.6 is 0 Å². The number of anilines is 2. The van der Waals surface area contributed by atoms with Crippen molar-refractivity contribution in [2.75, 3.05) is 36.1 Å². The monoisotopic (exact) mass is 416 g/mol. The van der Waals surface area contributed by atoms with Crippen molar-refractivity contribution in [3.05, 3.63) is 59.2 Å². The third-order valence-electron chi connectivity index (χ3n) is 6.11. The maximum atomic E-state index is 5.68. The summed E-state index contributed by atoms with van der Waals surface area (Å²) in [6.45, 7) is 10.2. The Kier molecular flexibility index (Phi) is 5.28. The van der Waals surface area contributed by atoms with Crippen LogP contribution in [0.2, 0.25) is 0 Å². The minimum atomic E-state index is 0.293. The summed E-state index contributed by atoms with van der Waals surface area (Å²) in [5, 5.41) is 0. The van der Waals surface area contributed by atoms with Gasteiger partial charge in [-0.25, -0.2) is 19.9 Å². The Morgan fingerprint density at radius 3 is 2.65 bits per heavy atom. The van der Waals surface area contributed by atoms with Crippen LogP contribution in [0.25, 0.3) is 11.4 Å². The van der Waals surface area contributed by atoms with E-state index < -0.39 is 0 Å². The zero-order chi connectivity index (χ0) is 21.4. The number of aromatic nitrogens is 4. The largest absolute Gasteiger partial charge is 0.377 e. The Hall–Kier alpha value is -3.06. The van der Waals surface area contributed by atoms with E-state index in [0.717, 1.165) is 73.7 Å². The molecule has 0 N–H and O–H groups in total. The molecule has 1 atom stereocenters. The van der Waals surface area contributed by atoms with Crippen LogP contribution < -0.4 is 9.80 Å². The number of morpholine rings is 1. The van der Waals surface area contributed by atoms with Gasteiger partial charge in [0, 0.05) is 36.0 Å². The van der Waals surface area contributed by atoms with Crippen LogP contribution in [0.15, 0.2) is 36.7 Å². The van der Waals surface area contributed by atoms with Crippen LogP contribution in [0.3, 0.4) is 0 Å². The maximum Gasteiger partial charge on any atom is 0.161 e. The second kappa shape index (κ2) is 8.23. The molecule has 2 aromatic heterocycles. The molecule has 31 heavy (non-hydrogen) atoms. The number of ether oxygens (including phenoxy) is 1. The number of hydrogen-bond acceptors (Lipinski definition) is 7. The lowest BCUT2D eigenvalue weighted by Crippen LogP contribution is -2.45. The van der Waals surface area contributed by atoms with Crippen LogP contribution in [0.4, 0.5) is 11.6 Å². The molecule has 0 unspecified atom stereocenters. The van der Waals surface area contributed by atoms with Crippen LogP contribution in [0, 0.1) is 13.8 Å². The summed E-state index contributed by atoms with van der Waals surface area (Å²) in [4.78, 5) is 23.5. The van der Waals surface area contributed by atoms with Gasteiger partial charge in [0.1, 0.15) is 18.0 Å². The maximum absolute atomic E-state index is 5.68. The molecule has 7 heteroatoms.